The van der Waals surface area contributed by atoms with E-state index in [1.54, 1.807) is 26.1 Å². The highest BCUT2D eigenvalue weighted by molar-refractivity contribution is 14.1. The quantitative estimate of drug-likeness (QED) is 0.132. The Labute approximate surface area is 315 Å². The van der Waals surface area contributed by atoms with E-state index in [9.17, 15) is 9.59 Å². The van der Waals surface area contributed by atoms with E-state index in [-0.39, 0.29) is 11.1 Å². The molecule has 0 bridgehead atoms. The number of hydrogen-bond donors (Lipinski definition) is 0. The Hall–Kier alpha value is -4.85. The molecular weight excluding hydrogens is 806 g/mol. The third-order valence-corrected chi connectivity index (χ3v) is 9.33. The van der Waals surface area contributed by atoms with Crippen molar-refractivity contribution in [2.75, 3.05) is 0 Å². The number of nitriles is 2. The molecule has 0 atom stereocenters. The van der Waals surface area contributed by atoms with Crippen LogP contribution in [0.3, 0.4) is 0 Å². The van der Waals surface area contributed by atoms with Gasteiger partial charge < -0.3 is 0 Å². The second-order valence-electron chi connectivity index (χ2n) is 9.93. The molecule has 0 radical (unpaired) electrons. The molecule has 0 N–H and O–H groups in total. The Morgan fingerprint density at radius 3 is 1.49 bits per heavy atom. The monoisotopic (exact) mass is 828 g/mol. The van der Waals surface area contributed by atoms with Gasteiger partial charge in [-0.2, -0.15) is 10.5 Å². The minimum Gasteiger partial charge on any atom is -0.268 e. The highest BCUT2D eigenvalue weighted by Crippen LogP contribution is 2.15. The smallest absolute Gasteiger partial charge is 0.262 e. The summed E-state index contributed by atoms with van der Waals surface area (Å²) in [5.74, 6) is 8.66. The average Bonchev–Trinajstić information content (AvgIpc) is 3.61. The first-order chi connectivity index (χ1) is 23.6. The maximum atomic E-state index is 11.7. The van der Waals surface area contributed by atoms with Gasteiger partial charge in [0, 0.05) is 32.4 Å². The van der Waals surface area contributed by atoms with Crippen molar-refractivity contribution < 1.29 is 0 Å². The lowest BCUT2D eigenvalue weighted by molar-refractivity contribution is 0.849. The van der Waals surface area contributed by atoms with Gasteiger partial charge in [0.25, 0.3) is 11.1 Å². The van der Waals surface area contributed by atoms with E-state index in [0.717, 1.165) is 37.0 Å². The standard InChI is InChI=1S/C19H11ClN2OS.C12H8ClNOS.C7H4IN/c20-18-11-19(23)22(24-18)13-16-8-5-14(6-9-16)4-7-15-2-1-3-17(10-15)12-21;1-2-9-3-5-10(6-4-9)8-14-12(15)7-11(13)16-14;8-7-3-1-2-6(4-7)5-9/h1-3,5-6,8-11H,13H2;1,3-7H,8H2;1-4H. The first-order valence-electron chi connectivity index (χ1n) is 14.2. The Bertz CT molecular complexity index is 2360. The lowest BCUT2D eigenvalue weighted by Crippen LogP contribution is -2.12. The fourth-order valence-electron chi connectivity index (χ4n) is 4.01. The topological polar surface area (TPSA) is 91.6 Å². The highest BCUT2D eigenvalue weighted by Gasteiger charge is 2.04. The van der Waals surface area contributed by atoms with Gasteiger partial charge in [-0.15, -0.1) is 6.42 Å². The fraction of sp³-hybridized carbons (Fsp3) is 0.0526. The van der Waals surface area contributed by atoms with Crippen molar-refractivity contribution in [3.63, 3.8) is 0 Å². The van der Waals surface area contributed by atoms with Gasteiger partial charge in [-0.1, -0.05) is 77.4 Å². The molecule has 6 nitrogen and oxygen atoms in total. The Morgan fingerprint density at radius 2 is 1.06 bits per heavy atom. The molecule has 0 aliphatic rings. The first kappa shape index (κ1) is 37.0. The van der Waals surface area contributed by atoms with Crippen molar-refractivity contribution in [2.24, 2.45) is 0 Å². The van der Waals surface area contributed by atoms with Crippen LogP contribution in [0.15, 0.2) is 119 Å². The molecular formula is C38H23Cl2IN4O2S2. The Balaban J connectivity index is 0.000000185. The van der Waals surface area contributed by atoms with Crippen LogP contribution in [0.1, 0.15) is 38.9 Å². The fourth-order valence-corrected chi connectivity index (χ4v) is 6.68. The molecule has 0 spiro atoms. The summed E-state index contributed by atoms with van der Waals surface area (Å²) in [6, 6.07) is 36.9. The highest BCUT2D eigenvalue weighted by atomic mass is 127. The van der Waals surface area contributed by atoms with Gasteiger partial charge in [-0.25, -0.2) is 0 Å². The number of benzene rings is 4. The zero-order chi connectivity index (χ0) is 35.2. The molecule has 0 fully saturated rings. The number of rotatable bonds is 4. The van der Waals surface area contributed by atoms with Crippen LogP contribution in [0.2, 0.25) is 8.67 Å². The van der Waals surface area contributed by atoms with Crippen LogP contribution in [-0.2, 0) is 13.1 Å². The lowest BCUT2D eigenvalue weighted by Gasteiger charge is -2.01. The van der Waals surface area contributed by atoms with E-state index in [1.807, 2.05) is 78.9 Å². The molecule has 2 aromatic heterocycles. The molecule has 240 valence electrons. The largest absolute Gasteiger partial charge is 0.268 e. The van der Waals surface area contributed by atoms with E-state index >= 15 is 0 Å². The van der Waals surface area contributed by atoms with Crippen molar-refractivity contribution in [1.82, 2.24) is 7.91 Å². The predicted octanol–water partition coefficient (Wildman–Crippen LogP) is 8.64. The third-order valence-electron chi connectivity index (χ3n) is 6.38. The molecule has 0 aliphatic carbocycles. The van der Waals surface area contributed by atoms with Crippen molar-refractivity contribution in [1.29, 1.82) is 10.5 Å². The molecule has 0 saturated carbocycles. The summed E-state index contributed by atoms with van der Waals surface area (Å²) in [4.78, 5) is 23.1. The maximum absolute atomic E-state index is 11.7. The minimum absolute atomic E-state index is 0.0731. The number of terminal acetylenes is 1. The number of hydrogen-bond acceptors (Lipinski definition) is 6. The molecule has 2 heterocycles. The van der Waals surface area contributed by atoms with E-state index in [0.29, 0.717) is 27.3 Å². The summed E-state index contributed by atoms with van der Waals surface area (Å²) in [6.45, 7) is 1.02. The normalized spacial score (nSPS) is 9.63. The second-order valence-corrected chi connectivity index (χ2v) is 14.6. The van der Waals surface area contributed by atoms with Crippen LogP contribution in [0.25, 0.3) is 0 Å². The van der Waals surface area contributed by atoms with E-state index in [1.165, 1.54) is 35.2 Å². The van der Waals surface area contributed by atoms with Gasteiger partial charge in [0.2, 0.25) is 0 Å². The van der Waals surface area contributed by atoms with Gasteiger partial charge in [0.05, 0.1) is 36.4 Å². The van der Waals surface area contributed by atoms with Crippen LogP contribution in [0.4, 0.5) is 0 Å². The summed E-state index contributed by atoms with van der Waals surface area (Å²) in [5.41, 5.74) is 5.70. The summed E-state index contributed by atoms with van der Waals surface area (Å²) in [5, 5.41) is 17.3. The van der Waals surface area contributed by atoms with Crippen LogP contribution in [0, 0.1) is 50.4 Å². The lowest BCUT2D eigenvalue weighted by atomic mass is 10.1. The van der Waals surface area contributed by atoms with Crippen LogP contribution >= 0.6 is 68.9 Å². The van der Waals surface area contributed by atoms with Gasteiger partial charge >= 0.3 is 0 Å². The van der Waals surface area contributed by atoms with Gasteiger partial charge in [0.15, 0.2) is 0 Å². The summed E-state index contributed by atoms with van der Waals surface area (Å²) >= 11 is 16.3. The van der Waals surface area contributed by atoms with E-state index < -0.39 is 0 Å². The van der Waals surface area contributed by atoms with Crippen molar-refractivity contribution in [2.45, 2.75) is 13.1 Å². The molecule has 11 heteroatoms. The Kier molecular flexibility index (Phi) is 14.1. The molecule has 0 aliphatic heterocycles. The third kappa shape index (κ3) is 12.0. The van der Waals surface area contributed by atoms with Crippen molar-refractivity contribution >= 4 is 68.9 Å². The molecule has 0 unspecified atom stereocenters. The number of halogens is 3. The van der Waals surface area contributed by atoms with Gasteiger partial charge in [-0.3, -0.25) is 17.5 Å². The minimum atomic E-state index is -0.0914. The SMILES string of the molecule is C#Cc1ccc(Cn2sc(Cl)cc2=O)cc1.N#Cc1cccc(C#Cc2ccc(Cn3sc(Cl)cc3=O)cc2)c1.N#Cc1cccc(I)c1. The second kappa shape index (κ2) is 18.6. The molecule has 0 amide bonds. The first-order valence-corrected chi connectivity index (χ1v) is 17.6. The van der Waals surface area contributed by atoms with Crippen LogP contribution in [0.5, 0.6) is 0 Å². The summed E-state index contributed by atoms with van der Waals surface area (Å²) in [6.07, 6.45) is 5.26. The van der Waals surface area contributed by atoms with Crippen LogP contribution in [-0.4, -0.2) is 7.91 Å². The Morgan fingerprint density at radius 1 is 0.612 bits per heavy atom. The number of aromatic nitrogens is 2. The molecule has 49 heavy (non-hydrogen) atoms. The summed E-state index contributed by atoms with van der Waals surface area (Å²) < 4.78 is 5.31. The molecule has 4 aromatic carbocycles. The summed E-state index contributed by atoms with van der Waals surface area (Å²) in [7, 11) is 0. The zero-order valence-corrected chi connectivity index (χ0v) is 30.7. The van der Waals surface area contributed by atoms with Gasteiger partial charge in [0.1, 0.15) is 8.67 Å². The van der Waals surface area contributed by atoms with Crippen LogP contribution < -0.4 is 11.1 Å². The maximum Gasteiger partial charge on any atom is 0.262 e. The van der Waals surface area contributed by atoms with Crippen molar-refractivity contribution in [3.8, 4) is 36.3 Å². The predicted molar refractivity (Wildman–Crippen MR) is 207 cm³/mol. The van der Waals surface area contributed by atoms with Crippen molar-refractivity contribution in [3.05, 3.63) is 181 Å². The molecule has 0 saturated heterocycles. The zero-order valence-electron chi connectivity index (χ0n) is 25.4. The molecule has 6 aromatic rings. The van der Waals surface area contributed by atoms with E-state index in [2.05, 4.69) is 52.5 Å². The number of nitrogens with zero attached hydrogens (tertiary/aromatic N) is 4. The van der Waals surface area contributed by atoms with Gasteiger partial charge in [-0.05, 0) is 117 Å². The van der Waals surface area contributed by atoms with E-state index in [4.69, 9.17) is 40.1 Å². The average molecular weight is 830 g/mol. The molecule has 6 rings (SSSR count).